The number of rotatable bonds is 4. The Morgan fingerprint density at radius 1 is 0.971 bits per heavy atom. The molecule has 1 saturated heterocycles. The molecule has 34 heavy (non-hydrogen) atoms. The Balaban J connectivity index is 1.25. The van der Waals surface area contributed by atoms with Crippen molar-refractivity contribution in [3.8, 4) is 5.69 Å². The minimum atomic E-state index is -0.799. The van der Waals surface area contributed by atoms with E-state index >= 15 is 0 Å². The van der Waals surface area contributed by atoms with Crippen molar-refractivity contribution in [3.05, 3.63) is 66.0 Å². The van der Waals surface area contributed by atoms with E-state index in [1.54, 1.807) is 12.4 Å². The summed E-state index contributed by atoms with van der Waals surface area (Å²) in [5, 5.41) is 19.5. The molecule has 0 amide bonds. The Bertz CT molecular complexity index is 1340. The van der Waals surface area contributed by atoms with Crippen molar-refractivity contribution < 1.29 is 5.11 Å². The van der Waals surface area contributed by atoms with Crippen LogP contribution < -0.4 is 10.2 Å². The van der Waals surface area contributed by atoms with Crippen LogP contribution in [0.3, 0.4) is 0 Å². The van der Waals surface area contributed by atoms with Gasteiger partial charge in [-0.15, -0.1) is 0 Å². The highest BCUT2D eigenvalue weighted by Crippen LogP contribution is 2.37. The van der Waals surface area contributed by atoms with Crippen molar-refractivity contribution in [1.29, 1.82) is 0 Å². The van der Waals surface area contributed by atoms with E-state index in [2.05, 4.69) is 62.6 Å². The standard InChI is InChI=1S/C26H29N7O/c1-26(34)10-9-18-3-6-22(15-23(18)26)33-24-19(17-28-33)16-27-25(30-24)29-20-4-7-21(8-5-20)32-13-11-31(2)12-14-32/h3-8,15-17,34H,9-14H2,1-2H3,(H,27,29,30). The smallest absolute Gasteiger partial charge is 0.229 e. The van der Waals surface area contributed by atoms with Crippen LogP contribution in [0.2, 0.25) is 0 Å². The van der Waals surface area contributed by atoms with E-state index in [0.717, 1.165) is 67.0 Å². The van der Waals surface area contributed by atoms with E-state index < -0.39 is 5.60 Å². The van der Waals surface area contributed by atoms with Crippen molar-refractivity contribution in [2.45, 2.75) is 25.4 Å². The van der Waals surface area contributed by atoms with Gasteiger partial charge in [-0.2, -0.15) is 10.1 Å². The van der Waals surface area contributed by atoms with Gasteiger partial charge in [0.05, 0.1) is 22.9 Å². The zero-order valence-corrected chi connectivity index (χ0v) is 19.6. The van der Waals surface area contributed by atoms with Gasteiger partial charge in [-0.05, 0) is 74.3 Å². The molecular weight excluding hydrogens is 426 g/mol. The number of anilines is 3. The Morgan fingerprint density at radius 3 is 2.53 bits per heavy atom. The molecule has 1 aliphatic heterocycles. The maximum absolute atomic E-state index is 10.7. The van der Waals surface area contributed by atoms with Crippen LogP contribution >= 0.6 is 0 Å². The molecule has 0 spiro atoms. The van der Waals surface area contributed by atoms with Crippen LogP contribution in [0, 0.1) is 0 Å². The second-order valence-corrected chi connectivity index (χ2v) is 9.61. The number of aliphatic hydroxyl groups is 1. The predicted octanol–water partition coefficient (Wildman–Crippen LogP) is 3.46. The molecule has 1 aliphatic carbocycles. The summed E-state index contributed by atoms with van der Waals surface area (Å²) in [5.74, 6) is 0.523. The van der Waals surface area contributed by atoms with Crippen molar-refractivity contribution >= 4 is 28.4 Å². The third-order valence-electron chi connectivity index (χ3n) is 7.10. The lowest BCUT2D eigenvalue weighted by Crippen LogP contribution is -2.44. The third kappa shape index (κ3) is 3.78. The van der Waals surface area contributed by atoms with E-state index in [9.17, 15) is 5.11 Å². The molecular formula is C26H29N7O. The maximum atomic E-state index is 10.7. The normalized spacial score (nSPS) is 20.6. The number of aryl methyl sites for hydroxylation is 1. The van der Waals surface area contributed by atoms with E-state index in [0.29, 0.717) is 5.95 Å². The summed E-state index contributed by atoms with van der Waals surface area (Å²) in [7, 11) is 2.17. The Kier molecular flexibility index (Phi) is 5.00. The first-order valence-electron chi connectivity index (χ1n) is 11.8. The molecule has 8 nitrogen and oxygen atoms in total. The topological polar surface area (TPSA) is 82.3 Å². The quantitative estimate of drug-likeness (QED) is 0.488. The first kappa shape index (κ1) is 21.1. The average Bonchev–Trinajstić information content (AvgIpc) is 3.40. The van der Waals surface area contributed by atoms with Gasteiger partial charge in [0.2, 0.25) is 5.95 Å². The summed E-state index contributed by atoms with van der Waals surface area (Å²) >= 11 is 0. The summed E-state index contributed by atoms with van der Waals surface area (Å²) in [6.45, 7) is 6.14. The average molecular weight is 456 g/mol. The van der Waals surface area contributed by atoms with E-state index in [-0.39, 0.29) is 0 Å². The highest BCUT2D eigenvalue weighted by molar-refractivity contribution is 5.77. The number of piperazine rings is 1. The minimum Gasteiger partial charge on any atom is -0.385 e. The van der Waals surface area contributed by atoms with Gasteiger partial charge in [-0.1, -0.05) is 6.07 Å². The van der Waals surface area contributed by atoms with Crippen LogP contribution in [-0.4, -0.2) is 63.0 Å². The van der Waals surface area contributed by atoms with Gasteiger partial charge in [-0.25, -0.2) is 9.67 Å². The predicted molar refractivity (Wildman–Crippen MR) is 134 cm³/mol. The number of nitrogens with zero attached hydrogens (tertiary/aromatic N) is 6. The molecule has 2 N–H and O–H groups in total. The lowest BCUT2D eigenvalue weighted by Gasteiger charge is -2.34. The number of hydrogen-bond donors (Lipinski definition) is 2. The van der Waals surface area contributed by atoms with Crippen molar-refractivity contribution in [2.24, 2.45) is 0 Å². The third-order valence-corrected chi connectivity index (χ3v) is 7.10. The molecule has 1 atom stereocenters. The number of benzene rings is 2. The molecule has 0 bridgehead atoms. The molecule has 2 aromatic heterocycles. The summed E-state index contributed by atoms with van der Waals surface area (Å²) in [6.07, 6.45) is 5.20. The van der Waals surface area contributed by atoms with Gasteiger partial charge in [0, 0.05) is 43.8 Å². The van der Waals surface area contributed by atoms with Gasteiger partial charge in [0.15, 0.2) is 5.65 Å². The second-order valence-electron chi connectivity index (χ2n) is 9.61. The maximum Gasteiger partial charge on any atom is 0.229 e. The summed E-state index contributed by atoms with van der Waals surface area (Å²) in [4.78, 5) is 14.0. The van der Waals surface area contributed by atoms with Crippen molar-refractivity contribution in [1.82, 2.24) is 24.6 Å². The molecule has 2 aromatic carbocycles. The Morgan fingerprint density at radius 2 is 1.74 bits per heavy atom. The molecule has 6 rings (SSSR count). The van der Waals surface area contributed by atoms with E-state index in [1.807, 2.05) is 23.7 Å². The molecule has 174 valence electrons. The molecule has 1 fully saturated rings. The molecule has 3 heterocycles. The Labute approximate surface area is 198 Å². The molecule has 0 saturated carbocycles. The number of hydrogen-bond acceptors (Lipinski definition) is 7. The summed E-state index contributed by atoms with van der Waals surface area (Å²) in [5.41, 5.74) is 5.16. The Hall–Kier alpha value is -3.49. The highest BCUT2D eigenvalue weighted by Gasteiger charge is 2.32. The van der Waals surface area contributed by atoms with Crippen molar-refractivity contribution in [2.75, 3.05) is 43.4 Å². The lowest BCUT2D eigenvalue weighted by molar-refractivity contribution is 0.0594. The number of aromatic nitrogens is 4. The monoisotopic (exact) mass is 455 g/mol. The second kappa shape index (κ2) is 8.07. The van der Waals surface area contributed by atoms with Gasteiger partial charge in [-0.3, -0.25) is 0 Å². The van der Waals surface area contributed by atoms with E-state index in [4.69, 9.17) is 4.98 Å². The van der Waals surface area contributed by atoms with Crippen LogP contribution in [-0.2, 0) is 12.0 Å². The summed E-state index contributed by atoms with van der Waals surface area (Å²) < 4.78 is 1.81. The number of fused-ring (bicyclic) bond motifs is 2. The number of nitrogens with one attached hydrogen (secondary N) is 1. The largest absolute Gasteiger partial charge is 0.385 e. The lowest BCUT2D eigenvalue weighted by atomic mass is 9.98. The van der Waals surface area contributed by atoms with Gasteiger partial charge >= 0.3 is 0 Å². The van der Waals surface area contributed by atoms with Gasteiger partial charge in [0.25, 0.3) is 0 Å². The summed E-state index contributed by atoms with van der Waals surface area (Å²) in [6, 6.07) is 14.6. The van der Waals surface area contributed by atoms with Crippen molar-refractivity contribution in [3.63, 3.8) is 0 Å². The van der Waals surface area contributed by atoms with Crippen LogP contribution in [0.15, 0.2) is 54.9 Å². The number of likely N-dealkylation sites (N-methyl/N-ethyl adjacent to an activating group) is 1. The SMILES string of the molecule is CN1CCN(c2ccc(Nc3ncc4cnn(-c5ccc6c(c5)C(C)(O)CC6)c4n3)cc2)CC1. The van der Waals surface area contributed by atoms with Gasteiger partial charge < -0.3 is 20.2 Å². The fraction of sp³-hybridized carbons (Fsp3) is 0.346. The van der Waals surface area contributed by atoms with Crippen LogP contribution in [0.25, 0.3) is 16.7 Å². The minimum absolute atomic E-state index is 0.523. The molecule has 8 heteroatoms. The zero-order valence-electron chi connectivity index (χ0n) is 19.6. The van der Waals surface area contributed by atoms with Crippen LogP contribution in [0.4, 0.5) is 17.3 Å². The van der Waals surface area contributed by atoms with E-state index in [1.165, 1.54) is 11.3 Å². The van der Waals surface area contributed by atoms with Gasteiger partial charge in [0.1, 0.15) is 0 Å². The fourth-order valence-corrected chi connectivity index (χ4v) is 4.94. The molecule has 2 aliphatic rings. The fourth-order valence-electron chi connectivity index (χ4n) is 4.94. The first-order valence-corrected chi connectivity index (χ1v) is 11.8. The first-order chi connectivity index (χ1) is 16.5. The van der Waals surface area contributed by atoms with Crippen LogP contribution in [0.1, 0.15) is 24.5 Å². The molecule has 4 aromatic rings. The molecule has 0 radical (unpaired) electrons. The highest BCUT2D eigenvalue weighted by atomic mass is 16.3. The molecule has 1 unspecified atom stereocenters. The van der Waals surface area contributed by atoms with Crippen LogP contribution in [0.5, 0.6) is 0 Å². The zero-order chi connectivity index (χ0) is 23.3.